The molecule has 1 saturated heterocycles. The zero-order chi connectivity index (χ0) is 14.2. The lowest BCUT2D eigenvalue weighted by Crippen LogP contribution is -2.42. The van der Waals surface area contributed by atoms with Gasteiger partial charge in [-0.15, -0.1) is 24.0 Å². The Balaban J connectivity index is 0.00000220. The number of aliphatic imine (C=N–C) groups is 1. The maximum Gasteiger partial charge on any atom is 0.191 e. The Morgan fingerprint density at radius 1 is 1.29 bits per heavy atom. The van der Waals surface area contributed by atoms with E-state index in [1.165, 1.54) is 32.5 Å². The molecule has 2 rings (SSSR count). The predicted molar refractivity (Wildman–Crippen MR) is 102 cm³/mol. The Bertz CT molecular complexity index is 335. The lowest BCUT2D eigenvalue weighted by atomic mass is 10.1. The average molecular weight is 406 g/mol. The number of halogens is 1. The van der Waals surface area contributed by atoms with Crippen LogP contribution >= 0.6 is 24.0 Å². The topological polar surface area (TPSA) is 39.7 Å². The lowest BCUT2D eigenvalue weighted by molar-refractivity contribution is 0.326. The number of rotatable bonds is 6. The third kappa shape index (κ3) is 6.55. The van der Waals surface area contributed by atoms with Gasteiger partial charge in [0.25, 0.3) is 0 Å². The van der Waals surface area contributed by atoms with Crippen molar-refractivity contribution in [3.8, 4) is 0 Å². The molecule has 1 heterocycles. The summed E-state index contributed by atoms with van der Waals surface area (Å²) < 4.78 is 0. The number of guanidine groups is 1. The number of likely N-dealkylation sites (tertiary alicyclic amines) is 1. The molecule has 4 nitrogen and oxygen atoms in total. The largest absolute Gasteiger partial charge is 0.357 e. The van der Waals surface area contributed by atoms with Gasteiger partial charge in [0.05, 0.1) is 0 Å². The molecule has 0 spiro atoms. The molecule has 0 amide bonds. The third-order valence-corrected chi connectivity index (χ3v) is 4.11. The van der Waals surface area contributed by atoms with Gasteiger partial charge in [-0.05, 0) is 51.6 Å². The highest BCUT2D eigenvalue weighted by Gasteiger charge is 2.21. The number of nitrogens with one attached hydrogen (secondary N) is 2. The number of hydrogen-bond donors (Lipinski definition) is 2. The van der Waals surface area contributed by atoms with Gasteiger partial charge in [0.15, 0.2) is 5.96 Å². The Hall–Kier alpha value is -0.300. The van der Waals surface area contributed by atoms with E-state index in [2.05, 4.69) is 41.5 Å². The van der Waals surface area contributed by atoms with Gasteiger partial charge in [0.1, 0.15) is 0 Å². The van der Waals surface area contributed by atoms with Crippen LogP contribution in [-0.2, 0) is 0 Å². The Morgan fingerprint density at radius 3 is 2.71 bits per heavy atom. The molecule has 1 atom stereocenters. The number of hydrogen-bond acceptors (Lipinski definition) is 2. The molecule has 5 heteroatoms. The summed E-state index contributed by atoms with van der Waals surface area (Å²) in [6, 6.07) is 0.535. The lowest BCUT2D eigenvalue weighted by Gasteiger charge is -2.18. The van der Waals surface area contributed by atoms with E-state index in [1.807, 2.05) is 0 Å². The molecule has 0 saturated carbocycles. The van der Waals surface area contributed by atoms with E-state index >= 15 is 0 Å². The molecule has 0 bridgehead atoms. The van der Waals surface area contributed by atoms with Crippen LogP contribution in [0.25, 0.3) is 0 Å². The van der Waals surface area contributed by atoms with Crippen molar-refractivity contribution in [1.29, 1.82) is 0 Å². The smallest absolute Gasteiger partial charge is 0.191 e. The molecule has 0 aromatic heterocycles. The van der Waals surface area contributed by atoms with Gasteiger partial charge < -0.3 is 15.5 Å². The molecule has 2 N–H and O–H groups in total. The van der Waals surface area contributed by atoms with E-state index in [0.29, 0.717) is 6.04 Å². The fourth-order valence-electron chi connectivity index (χ4n) is 3.05. The first kappa shape index (κ1) is 18.7. The fraction of sp³-hybridized carbons (Fsp3) is 0.812. The second-order valence-electron chi connectivity index (χ2n) is 5.96. The first-order valence-corrected chi connectivity index (χ1v) is 8.24. The summed E-state index contributed by atoms with van der Waals surface area (Å²) in [7, 11) is 0. The van der Waals surface area contributed by atoms with Crippen molar-refractivity contribution in [1.82, 2.24) is 15.5 Å². The molecule has 0 aromatic rings. The molecule has 122 valence electrons. The summed E-state index contributed by atoms with van der Waals surface area (Å²) in [5.74, 6) is 1.73. The first-order chi connectivity index (χ1) is 9.81. The van der Waals surface area contributed by atoms with Gasteiger partial charge >= 0.3 is 0 Å². The van der Waals surface area contributed by atoms with Crippen LogP contribution < -0.4 is 10.6 Å². The summed E-state index contributed by atoms with van der Waals surface area (Å²) in [4.78, 5) is 7.36. The predicted octanol–water partition coefficient (Wildman–Crippen LogP) is 2.61. The molecule has 0 radical (unpaired) electrons. The summed E-state index contributed by atoms with van der Waals surface area (Å²) in [6.45, 7) is 9.99. The first-order valence-electron chi connectivity index (χ1n) is 8.24. The minimum absolute atomic E-state index is 0. The van der Waals surface area contributed by atoms with Crippen molar-refractivity contribution in [2.45, 2.75) is 45.6 Å². The van der Waals surface area contributed by atoms with Gasteiger partial charge in [0, 0.05) is 25.7 Å². The highest BCUT2D eigenvalue weighted by Crippen LogP contribution is 2.16. The highest BCUT2D eigenvalue weighted by atomic mass is 127. The fourth-order valence-corrected chi connectivity index (χ4v) is 3.05. The van der Waals surface area contributed by atoms with Crippen LogP contribution in [0, 0.1) is 5.92 Å². The minimum Gasteiger partial charge on any atom is -0.357 e. The minimum atomic E-state index is 0. The van der Waals surface area contributed by atoms with Crippen LogP contribution in [0.1, 0.15) is 39.5 Å². The van der Waals surface area contributed by atoms with Gasteiger partial charge in [-0.2, -0.15) is 0 Å². The molecule has 1 fully saturated rings. The van der Waals surface area contributed by atoms with E-state index in [0.717, 1.165) is 37.8 Å². The van der Waals surface area contributed by atoms with E-state index in [4.69, 9.17) is 4.99 Å². The summed E-state index contributed by atoms with van der Waals surface area (Å²) >= 11 is 0. The second-order valence-corrected chi connectivity index (χ2v) is 5.96. The maximum absolute atomic E-state index is 4.79. The standard InChI is InChI=1S/C16H30N4.HI/c1-3-10-20-11-9-14(13-20)12-18-16(17-4-2)19-15-7-5-6-8-15;/h5-6,14-15H,3-4,7-13H2,1-2H3,(H2,17,18,19);1H. The van der Waals surface area contributed by atoms with Crippen molar-refractivity contribution in [2.75, 3.05) is 32.7 Å². The normalized spacial score (nSPS) is 23.3. The van der Waals surface area contributed by atoms with Crippen molar-refractivity contribution in [3.05, 3.63) is 12.2 Å². The molecule has 1 aliphatic carbocycles. The van der Waals surface area contributed by atoms with Crippen molar-refractivity contribution >= 4 is 29.9 Å². The third-order valence-electron chi connectivity index (χ3n) is 4.11. The molecular weight excluding hydrogens is 375 g/mol. The second kappa shape index (κ2) is 10.4. The zero-order valence-electron chi connectivity index (χ0n) is 13.5. The Kier molecular flexibility index (Phi) is 9.31. The van der Waals surface area contributed by atoms with Gasteiger partial charge in [0.2, 0.25) is 0 Å². The maximum atomic E-state index is 4.79. The molecule has 0 aromatic carbocycles. The molecular formula is C16H31IN4. The van der Waals surface area contributed by atoms with Crippen LogP contribution in [0.2, 0.25) is 0 Å². The van der Waals surface area contributed by atoms with E-state index in [9.17, 15) is 0 Å². The number of nitrogens with zero attached hydrogens (tertiary/aromatic N) is 2. The van der Waals surface area contributed by atoms with Crippen molar-refractivity contribution in [3.63, 3.8) is 0 Å². The van der Waals surface area contributed by atoms with E-state index in [1.54, 1.807) is 0 Å². The van der Waals surface area contributed by atoms with Crippen molar-refractivity contribution < 1.29 is 0 Å². The SMILES string of the molecule is CCCN1CCC(CN=C(NCC)NC2CC=CC2)C1.I. The van der Waals surface area contributed by atoms with Crippen LogP contribution in [-0.4, -0.2) is 49.6 Å². The quantitative estimate of drug-likeness (QED) is 0.308. The van der Waals surface area contributed by atoms with Crippen LogP contribution in [0.5, 0.6) is 0 Å². The monoisotopic (exact) mass is 406 g/mol. The summed E-state index contributed by atoms with van der Waals surface area (Å²) in [5.41, 5.74) is 0. The van der Waals surface area contributed by atoms with Crippen molar-refractivity contribution in [2.24, 2.45) is 10.9 Å². The molecule has 1 aliphatic heterocycles. The Labute approximate surface area is 146 Å². The van der Waals surface area contributed by atoms with E-state index < -0.39 is 0 Å². The van der Waals surface area contributed by atoms with E-state index in [-0.39, 0.29) is 24.0 Å². The molecule has 21 heavy (non-hydrogen) atoms. The van der Waals surface area contributed by atoms with Crippen LogP contribution in [0.3, 0.4) is 0 Å². The van der Waals surface area contributed by atoms with Gasteiger partial charge in [-0.1, -0.05) is 19.1 Å². The molecule has 1 unspecified atom stereocenters. The average Bonchev–Trinajstić information content (AvgIpc) is 3.08. The highest BCUT2D eigenvalue weighted by molar-refractivity contribution is 14.0. The van der Waals surface area contributed by atoms with Gasteiger partial charge in [-0.3, -0.25) is 4.99 Å². The van der Waals surface area contributed by atoms with Crippen LogP contribution in [0.4, 0.5) is 0 Å². The van der Waals surface area contributed by atoms with Gasteiger partial charge in [-0.25, -0.2) is 0 Å². The summed E-state index contributed by atoms with van der Waals surface area (Å²) in [6.07, 6.45) is 9.31. The Morgan fingerprint density at radius 2 is 2.05 bits per heavy atom. The summed E-state index contributed by atoms with van der Waals surface area (Å²) in [5, 5.41) is 6.91. The molecule has 2 aliphatic rings. The zero-order valence-corrected chi connectivity index (χ0v) is 15.8. The van der Waals surface area contributed by atoms with Crippen LogP contribution in [0.15, 0.2) is 17.1 Å².